The van der Waals surface area contributed by atoms with Gasteiger partial charge in [-0.3, -0.25) is 0 Å². The van der Waals surface area contributed by atoms with Crippen LogP contribution < -0.4 is 0 Å². The van der Waals surface area contributed by atoms with E-state index in [9.17, 15) is 9.59 Å². The maximum absolute atomic E-state index is 11.1. The highest BCUT2D eigenvalue weighted by molar-refractivity contribution is 5.87. The van der Waals surface area contributed by atoms with Crippen molar-refractivity contribution in [3.8, 4) is 0 Å². The van der Waals surface area contributed by atoms with Gasteiger partial charge in [-0.05, 0) is 39.5 Å². The average Bonchev–Trinajstić information content (AvgIpc) is 2.43. The van der Waals surface area contributed by atoms with E-state index >= 15 is 0 Å². The number of rotatable bonds is 12. The average molecular weight is 298 g/mol. The Balaban J connectivity index is 3.23. The minimum atomic E-state index is -0.347. The molecule has 0 aliphatic heterocycles. The third kappa shape index (κ3) is 11.9. The molecule has 0 amide bonds. The van der Waals surface area contributed by atoms with Gasteiger partial charge in [-0.15, -0.1) is 0 Å². The predicted octanol–water partition coefficient (Wildman–Crippen LogP) is 2.80. The van der Waals surface area contributed by atoms with Gasteiger partial charge in [0.15, 0.2) is 0 Å². The summed E-state index contributed by atoms with van der Waals surface area (Å²) in [6.45, 7) is 12.3. The summed E-state index contributed by atoms with van der Waals surface area (Å²) in [6.07, 6.45) is 3.23. The SMILES string of the molecule is C=C(C)C(=O)OCCCCOCCCCOC(=O)C(=C)C. The molecule has 0 fully saturated rings. The Morgan fingerprint density at radius 3 is 1.38 bits per heavy atom. The highest BCUT2D eigenvalue weighted by atomic mass is 16.5. The van der Waals surface area contributed by atoms with Crippen LogP contribution in [-0.4, -0.2) is 38.4 Å². The molecule has 0 rings (SSSR count). The second-order valence-electron chi connectivity index (χ2n) is 4.86. The van der Waals surface area contributed by atoms with Crippen LogP contribution in [0.15, 0.2) is 24.3 Å². The summed E-state index contributed by atoms with van der Waals surface area (Å²) in [4.78, 5) is 22.1. The van der Waals surface area contributed by atoms with Gasteiger partial charge in [0.05, 0.1) is 13.2 Å². The van der Waals surface area contributed by atoms with Gasteiger partial charge in [-0.2, -0.15) is 0 Å². The van der Waals surface area contributed by atoms with Gasteiger partial charge in [-0.25, -0.2) is 9.59 Å². The third-order valence-corrected chi connectivity index (χ3v) is 2.53. The molecule has 0 aromatic rings. The summed E-state index contributed by atoms with van der Waals surface area (Å²) < 4.78 is 15.3. The van der Waals surface area contributed by atoms with Crippen LogP contribution in [0.3, 0.4) is 0 Å². The van der Waals surface area contributed by atoms with Crippen LogP contribution in [0, 0.1) is 0 Å². The fraction of sp³-hybridized carbons (Fsp3) is 0.625. The summed E-state index contributed by atoms with van der Waals surface area (Å²) >= 11 is 0. The fourth-order valence-electron chi connectivity index (χ4n) is 1.29. The van der Waals surface area contributed by atoms with Gasteiger partial charge in [-0.1, -0.05) is 13.2 Å². The minimum absolute atomic E-state index is 0.347. The van der Waals surface area contributed by atoms with Crippen molar-refractivity contribution in [1.29, 1.82) is 0 Å². The van der Waals surface area contributed by atoms with Gasteiger partial charge >= 0.3 is 11.9 Å². The van der Waals surface area contributed by atoms with Crippen molar-refractivity contribution in [2.45, 2.75) is 39.5 Å². The quantitative estimate of drug-likeness (QED) is 0.315. The molecule has 0 radical (unpaired) electrons. The van der Waals surface area contributed by atoms with Crippen molar-refractivity contribution in [2.24, 2.45) is 0 Å². The summed E-state index contributed by atoms with van der Waals surface area (Å²) in [5, 5.41) is 0. The Morgan fingerprint density at radius 1 is 0.714 bits per heavy atom. The smallest absolute Gasteiger partial charge is 0.333 e. The molecule has 0 saturated carbocycles. The number of unbranched alkanes of at least 4 members (excludes halogenated alkanes) is 2. The van der Waals surface area contributed by atoms with Crippen LogP contribution >= 0.6 is 0 Å². The minimum Gasteiger partial charge on any atom is -0.462 e. The van der Waals surface area contributed by atoms with Crippen LogP contribution in [0.1, 0.15) is 39.5 Å². The van der Waals surface area contributed by atoms with E-state index in [1.807, 2.05) is 0 Å². The summed E-state index contributed by atoms with van der Waals surface area (Å²) in [5.41, 5.74) is 0.831. The highest BCUT2D eigenvalue weighted by Gasteiger charge is 2.02. The number of esters is 2. The predicted molar refractivity (Wildman–Crippen MR) is 80.8 cm³/mol. The van der Waals surface area contributed by atoms with Crippen molar-refractivity contribution in [2.75, 3.05) is 26.4 Å². The topological polar surface area (TPSA) is 61.8 Å². The molecule has 0 saturated heterocycles. The van der Waals surface area contributed by atoms with E-state index in [1.54, 1.807) is 13.8 Å². The molecule has 0 spiro atoms. The maximum Gasteiger partial charge on any atom is 0.333 e. The number of ether oxygens (including phenoxy) is 3. The lowest BCUT2D eigenvalue weighted by molar-refractivity contribution is -0.139. The molecule has 0 aromatic heterocycles. The molecule has 5 nitrogen and oxygen atoms in total. The zero-order chi connectivity index (χ0) is 16.1. The second-order valence-corrected chi connectivity index (χ2v) is 4.86. The first-order chi connectivity index (χ1) is 9.95. The molecule has 5 heteroatoms. The van der Waals surface area contributed by atoms with Crippen molar-refractivity contribution in [3.05, 3.63) is 24.3 Å². The van der Waals surface area contributed by atoms with Crippen molar-refractivity contribution in [1.82, 2.24) is 0 Å². The molecular weight excluding hydrogens is 272 g/mol. The summed E-state index contributed by atoms with van der Waals surface area (Å²) in [5.74, 6) is -0.694. The van der Waals surface area contributed by atoms with Gasteiger partial charge < -0.3 is 14.2 Å². The molecular formula is C16H26O5. The van der Waals surface area contributed by atoms with E-state index in [2.05, 4.69) is 13.2 Å². The third-order valence-electron chi connectivity index (χ3n) is 2.53. The van der Waals surface area contributed by atoms with E-state index in [-0.39, 0.29) is 11.9 Å². The first kappa shape index (κ1) is 19.4. The molecule has 21 heavy (non-hydrogen) atoms. The molecule has 0 aliphatic carbocycles. The maximum atomic E-state index is 11.1. The van der Waals surface area contributed by atoms with E-state index in [0.717, 1.165) is 25.7 Å². The number of hydrogen-bond donors (Lipinski definition) is 0. The Labute approximate surface area is 126 Å². The number of carbonyl (C=O) groups is 2. The van der Waals surface area contributed by atoms with Crippen LogP contribution in [0.5, 0.6) is 0 Å². The first-order valence-electron chi connectivity index (χ1n) is 7.18. The van der Waals surface area contributed by atoms with E-state index in [1.165, 1.54) is 0 Å². The Morgan fingerprint density at radius 2 is 1.05 bits per heavy atom. The lowest BCUT2D eigenvalue weighted by Gasteiger charge is -2.06. The first-order valence-corrected chi connectivity index (χ1v) is 7.18. The molecule has 0 unspecified atom stereocenters. The molecule has 0 N–H and O–H groups in total. The second kappa shape index (κ2) is 12.1. The number of carbonyl (C=O) groups excluding carboxylic acids is 2. The Bertz CT molecular complexity index is 326. The molecule has 0 aliphatic rings. The molecule has 0 heterocycles. The van der Waals surface area contributed by atoms with Gasteiger partial charge in [0.1, 0.15) is 0 Å². The standard InChI is InChI=1S/C16H26O5/c1-13(2)15(17)20-11-7-5-9-19-10-6-8-12-21-16(18)14(3)4/h1,3,5-12H2,2,4H3. The monoisotopic (exact) mass is 298 g/mol. The van der Waals surface area contributed by atoms with Crippen molar-refractivity contribution in [3.63, 3.8) is 0 Å². The van der Waals surface area contributed by atoms with Crippen LogP contribution in [-0.2, 0) is 23.8 Å². The normalized spacial score (nSPS) is 10.0. The van der Waals surface area contributed by atoms with E-state index in [4.69, 9.17) is 14.2 Å². The number of hydrogen-bond acceptors (Lipinski definition) is 5. The van der Waals surface area contributed by atoms with Gasteiger partial charge in [0.2, 0.25) is 0 Å². The zero-order valence-electron chi connectivity index (χ0n) is 13.1. The van der Waals surface area contributed by atoms with Crippen molar-refractivity contribution < 1.29 is 23.8 Å². The zero-order valence-corrected chi connectivity index (χ0v) is 13.1. The summed E-state index contributed by atoms with van der Waals surface area (Å²) in [6, 6.07) is 0. The van der Waals surface area contributed by atoms with Crippen LogP contribution in [0.4, 0.5) is 0 Å². The van der Waals surface area contributed by atoms with E-state index in [0.29, 0.717) is 37.6 Å². The highest BCUT2D eigenvalue weighted by Crippen LogP contribution is 1.99. The Hall–Kier alpha value is -1.62. The lowest BCUT2D eigenvalue weighted by atomic mass is 10.3. The van der Waals surface area contributed by atoms with Gasteiger partial charge in [0, 0.05) is 24.4 Å². The van der Waals surface area contributed by atoms with E-state index < -0.39 is 0 Å². The van der Waals surface area contributed by atoms with Crippen LogP contribution in [0.2, 0.25) is 0 Å². The molecule has 120 valence electrons. The summed E-state index contributed by atoms with van der Waals surface area (Å²) in [7, 11) is 0. The molecule has 0 atom stereocenters. The fourth-order valence-corrected chi connectivity index (χ4v) is 1.29. The van der Waals surface area contributed by atoms with Crippen LogP contribution in [0.25, 0.3) is 0 Å². The lowest BCUT2D eigenvalue weighted by Crippen LogP contribution is -2.08. The van der Waals surface area contributed by atoms with Gasteiger partial charge in [0.25, 0.3) is 0 Å². The Kier molecular flexibility index (Phi) is 11.2. The molecule has 0 aromatic carbocycles. The van der Waals surface area contributed by atoms with Crippen molar-refractivity contribution >= 4 is 11.9 Å². The molecule has 0 bridgehead atoms. The largest absolute Gasteiger partial charge is 0.462 e.